The van der Waals surface area contributed by atoms with Crippen molar-refractivity contribution in [3.05, 3.63) is 65.5 Å². The van der Waals surface area contributed by atoms with Gasteiger partial charge >= 0.3 is 0 Å². The van der Waals surface area contributed by atoms with Crippen molar-refractivity contribution in [2.75, 3.05) is 5.73 Å². The molecular formula is C14H13FN2O. The van der Waals surface area contributed by atoms with Crippen molar-refractivity contribution in [3.63, 3.8) is 0 Å². The second-order valence-electron chi connectivity index (χ2n) is 3.90. The minimum atomic E-state index is -0.519. The molecule has 1 amide bonds. The number of rotatable bonds is 3. The number of amides is 1. The van der Waals surface area contributed by atoms with Gasteiger partial charge in [0.2, 0.25) is 0 Å². The highest BCUT2D eigenvalue weighted by Crippen LogP contribution is 2.12. The van der Waals surface area contributed by atoms with Gasteiger partial charge in [0.05, 0.1) is 5.69 Å². The minimum Gasteiger partial charge on any atom is -0.396 e. The van der Waals surface area contributed by atoms with E-state index >= 15 is 0 Å². The zero-order valence-corrected chi connectivity index (χ0v) is 9.69. The monoisotopic (exact) mass is 244 g/mol. The first-order valence-corrected chi connectivity index (χ1v) is 5.54. The molecule has 0 fully saturated rings. The van der Waals surface area contributed by atoms with E-state index in [0.717, 1.165) is 5.56 Å². The summed E-state index contributed by atoms with van der Waals surface area (Å²) in [6.45, 7) is 0.428. The number of benzene rings is 2. The SMILES string of the molecule is Nc1cc(C(=O)NCc2ccccc2)ccc1F. The van der Waals surface area contributed by atoms with Crippen molar-refractivity contribution < 1.29 is 9.18 Å². The Bertz CT molecular complexity index is 555. The zero-order chi connectivity index (χ0) is 13.0. The normalized spacial score (nSPS) is 10.1. The maximum Gasteiger partial charge on any atom is 0.251 e. The lowest BCUT2D eigenvalue weighted by Gasteiger charge is -2.06. The summed E-state index contributed by atoms with van der Waals surface area (Å²) in [6, 6.07) is 13.5. The number of hydrogen-bond donors (Lipinski definition) is 2. The molecule has 0 spiro atoms. The van der Waals surface area contributed by atoms with Crippen LogP contribution in [0, 0.1) is 5.82 Å². The van der Waals surface area contributed by atoms with Gasteiger partial charge in [-0.25, -0.2) is 4.39 Å². The Morgan fingerprint density at radius 3 is 2.56 bits per heavy atom. The van der Waals surface area contributed by atoms with Crippen molar-refractivity contribution in [1.82, 2.24) is 5.32 Å². The van der Waals surface area contributed by atoms with Crippen LogP contribution in [-0.4, -0.2) is 5.91 Å². The van der Waals surface area contributed by atoms with Crippen LogP contribution in [0.25, 0.3) is 0 Å². The number of halogens is 1. The van der Waals surface area contributed by atoms with Crippen molar-refractivity contribution in [2.24, 2.45) is 0 Å². The summed E-state index contributed by atoms with van der Waals surface area (Å²) in [5.74, 6) is -0.792. The first-order chi connectivity index (χ1) is 8.66. The lowest BCUT2D eigenvalue weighted by molar-refractivity contribution is 0.0951. The predicted molar refractivity (Wildman–Crippen MR) is 68.4 cm³/mol. The van der Waals surface area contributed by atoms with Gasteiger partial charge in [-0.15, -0.1) is 0 Å². The highest BCUT2D eigenvalue weighted by Gasteiger charge is 2.07. The van der Waals surface area contributed by atoms with Gasteiger partial charge in [0.25, 0.3) is 5.91 Å². The van der Waals surface area contributed by atoms with Gasteiger partial charge in [-0.2, -0.15) is 0 Å². The van der Waals surface area contributed by atoms with Gasteiger partial charge in [0.1, 0.15) is 5.82 Å². The number of nitrogens with one attached hydrogen (secondary N) is 1. The third-order valence-electron chi connectivity index (χ3n) is 2.55. The molecule has 0 heterocycles. The fraction of sp³-hybridized carbons (Fsp3) is 0.0714. The van der Waals surface area contributed by atoms with Crippen molar-refractivity contribution >= 4 is 11.6 Å². The Hall–Kier alpha value is -2.36. The Balaban J connectivity index is 2.02. The van der Waals surface area contributed by atoms with E-state index in [2.05, 4.69) is 5.32 Å². The maximum absolute atomic E-state index is 13.0. The van der Waals surface area contributed by atoms with Crippen LogP contribution in [0.15, 0.2) is 48.5 Å². The molecule has 0 atom stereocenters. The first-order valence-electron chi connectivity index (χ1n) is 5.54. The van der Waals surface area contributed by atoms with E-state index in [4.69, 9.17) is 5.73 Å². The largest absolute Gasteiger partial charge is 0.396 e. The van der Waals surface area contributed by atoms with E-state index in [-0.39, 0.29) is 11.6 Å². The van der Waals surface area contributed by atoms with Crippen LogP contribution < -0.4 is 11.1 Å². The van der Waals surface area contributed by atoms with Crippen LogP contribution in [0.1, 0.15) is 15.9 Å². The number of nitrogens with two attached hydrogens (primary N) is 1. The predicted octanol–water partition coefficient (Wildman–Crippen LogP) is 2.34. The van der Waals surface area contributed by atoms with Crippen molar-refractivity contribution in [1.29, 1.82) is 0 Å². The van der Waals surface area contributed by atoms with E-state index in [1.54, 1.807) is 0 Å². The summed E-state index contributed by atoms with van der Waals surface area (Å²) in [4.78, 5) is 11.8. The van der Waals surface area contributed by atoms with E-state index in [1.807, 2.05) is 30.3 Å². The van der Waals surface area contributed by atoms with Crippen LogP contribution >= 0.6 is 0 Å². The fourth-order valence-corrected chi connectivity index (χ4v) is 1.57. The van der Waals surface area contributed by atoms with Gasteiger partial charge in [-0.3, -0.25) is 4.79 Å². The number of carbonyl (C=O) groups is 1. The van der Waals surface area contributed by atoms with Gasteiger partial charge in [-0.05, 0) is 23.8 Å². The molecule has 0 unspecified atom stereocenters. The molecule has 0 saturated carbocycles. The summed E-state index contributed by atoms with van der Waals surface area (Å²) in [5.41, 5.74) is 6.74. The van der Waals surface area contributed by atoms with Gasteiger partial charge in [-0.1, -0.05) is 30.3 Å². The van der Waals surface area contributed by atoms with Crippen LogP contribution in [0.5, 0.6) is 0 Å². The molecule has 0 aliphatic carbocycles. The maximum atomic E-state index is 13.0. The van der Waals surface area contributed by atoms with Gasteiger partial charge < -0.3 is 11.1 Å². The molecule has 0 radical (unpaired) electrons. The van der Waals surface area contributed by atoms with E-state index in [1.165, 1.54) is 18.2 Å². The lowest BCUT2D eigenvalue weighted by Crippen LogP contribution is -2.22. The fourth-order valence-electron chi connectivity index (χ4n) is 1.57. The number of carbonyl (C=O) groups excluding carboxylic acids is 1. The molecule has 18 heavy (non-hydrogen) atoms. The second-order valence-corrected chi connectivity index (χ2v) is 3.90. The molecule has 2 rings (SSSR count). The van der Waals surface area contributed by atoms with E-state index in [0.29, 0.717) is 12.1 Å². The molecular weight excluding hydrogens is 231 g/mol. The molecule has 3 nitrogen and oxygen atoms in total. The van der Waals surface area contributed by atoms with Gasteiger partial charge in [0.15, 0.2) is 0 Å². The van der Waals surface area contributed by atoms with Crippen LogP contribution in [-0.2, 0) is 6.54 Å². The summed E-state index contributed by atoms with van der Waals surface area (Å²) >= 11 is 0. The van der Waals surface area contributed by atoms with Crippen LogP contribution in [0.4, 0.5) is 10.1 Å². The Labute approximate surface area is 104 Å². The quantitative estimate of drug-likeness (QED) is 0.814. The average molecular weight is 244 g/mol. The summed E-state index contributed by atoms with van der Waals surface area (Å²) < 4.78 is 13.0. The van der Waals surface area contributed by atoms with Crippen molar-refractivity contribution in [2.45, 2.75) is 6.54 Å². The van der Waals surface area contributed by atoms with E-state index < -0.39 is 5.82 Å². The number of hydrogen-bond acceptors (Lipinski definition) is 2. The lowest BCUT2D eigenvalue weighted by atomic mass is 10.1. The molecule has 0 aliphatic rings. The highest BCUT2D eigenvalue weighted by atomic mass is 19.1. The highest BCUT2D eigenvalue weighted by molar-refractivity contribution is 5.94. The second kappa shape index (κ2) is 5.31. The molecule has 0 aliphatic heterocycles. The van der Waals surface area contributed by atoms with E-state index in [9.17, 15) is 9.18 Å². The smallest absolute Gasteiger partial charge is 0.251 e. The Morgan fingerprint density at radius 2 is 1.89 bits per heavy atom. The minimum absolute atomic E-state index is 0.0256. The molecule has 92 valence electrons. The molecule has 3 N–H and O–H groups in total. The average Bonchev–Trinajstić information content (AvgIpc) is 2.40. The zero-order valence-electron chi connectivity index (χ0n) is 9.69. The van der Waals surface area contributed by atoms with Crippen LogP contribution in [0.3, 0.4) is 0 Å². The number of nitrogen functional groups attached to an aromatic ring is 1. The molecule has 0 bridgehead atoms. The van der Waals surface area contributed by atoms with Gasteiger partial charge in [0, 0.05) is 12.1 Å². The molecule has 0 aromatic heterocycles. The summed E-state index contributed by atoms with van der Waals surface area (Å²) in [5, 5.41) is 2.74. The summed E-state index contributed by atoms with van der Waals surface area (Å²) in [7, 11) is 0. The van der Waals surface area contributed by atoms with Crippen molar-refractivity contribution in [3.8, 4) is 0 Å². The van der Waals surface area contributed by atoms with Crippen LogP contribution in [0.2, 0.25) is 0 Å². The number of anilines is 1. The molecule has 2 aromatic rings. The molecule has 4 heteroatoms. The standard InChI is InChI=1S/C14H13FN2O/c15-12-7-6-11(8-13(12)16)14(18)17-9-10-4-2-1-3-5-10/h1-8H,9,16H2,(H,17,18). The third-order valence-corrected chi connectivity index (χ3v) is 2.55. The molecule has 2 aromatic carbocycles. The summed E-state index contributed by atoms with van der Waals surface area (Å²) in [6.07, 6.45) is 0. The third kappa shape index (κ3) is 2.85. The Morgan fingerprint density at radius 1 is 1.17 bits per heavy atom. The topological polar surface area (TPSA) is 55.1 Å². The molecule has 0 saturated heterocycles. The Kier molecular flexibility index (Phi) is 3.57. The first kappa shape index (κ1) is 12.1.